The molecule has 3 amide bonds. The summed E-state index contributed by atoms with van der Waals surface area (Å²) in [6.07, 6.45) is 1.47. The average molecular weight is 356 g/mol. The molecule has 26 heavy (non-hydrogen) atoms. The molecule has 2 rings (SSSR count). The minimum absolute atomic E-state index is 0.112. The second-order valence-electron chi connectivity index (χ2n) is 5.57. The second-order valence-corrected chi connectivity index (χ2v) is 5.57. The third-order valence-corrected chi connectivity index (χ3v) is 3.76. The SMILES string of the molecule is CCN(CCC(=O)Nc1ccc(C(N)=O)cc1)C(=O)c1ccc(=O)[nH]c1. The number of nitrogens with two attached hydrogens (primary N) is 1. The smallest absolute Gasteiger partial charge is 0.255 e. The van der Waals surface area contributed by atoms with Gasteiger partial charge in [0.05, 0.1) is 5.56 Å². The van der Waals surface area contributed by atoms with Crippen molar-refractivity contribution in [2.45, 2.75) is 13.3 Å². The number of nitrogens with zero attached hydrogens (tertiary/aromatic N) is 1. The van der Waals surface area contributed by atoms with E-state index in [0.717, 1.165) is 0 Å². The fourth-order valence-electron chi connectivity index (χ4n) is 2.31. The van der Waals surface area contributed by atoms with Gasteiger partial charge in [-0.1, -0.05) is 0 Å². The first kappa shape index (κ1) is 18.9. The van der Waals surface area contributed by atoms with Crippen LogP contribution in [0.15, 0.2) is 47.4 Å². The first-order valence-corrected chi connectivity index (χ1v) is 8.08. The summed E-state index contributed by atoms with van der Waals surface area (Å²) in [4.78, 5) is 50.5. The van der Waals surface area contributed by atoms with E-state index in [1.54, 1.807) is 12.1 Å². The van der Waals surface area contributed by atoms with Crippen molar-refractivity contribution in [1.82, 2.24) is 9.88 Å². The lowest BCUT2D eigenvalue weighted by Crippen LogP contribution is -2.34. The highest BCUT2D eigenvalue weighted by Gasteiger charge is 2.15. The molecule has 0 spiro atoms. The van der Waals surface area contributed by atoms with Crippen molar-refractivity contribution >= 4 is 23.4 Å². The average Bonchev–Trinajstić information content (AvgIpc) is 2.63. The van der Waals surface area contributed by atoms with Crippen molar-refractivity contribution in [3.63, 3.8) is 0 Å². The number of H-pyrrole nitrogens is 1. The lowest BCUT2D eigenvalue weighted by molar-refractivity contribution is -0.116. The summed E-state index contributed by atoms with van der Waals surface area (Å²) in [5, 5.41) is 2.70. The number of hydrogen-bond acceptors (Lipinski definition) is 4. The van der Waals surface area contributed by atoms with E-state index in [1.807, 2.05) is 6.92 Å². The van der Waals surface area contributed by atoms with Gasteiger partial charge in [-0.05, 0) is 37.3 Å². The number of aromatic amines is 1. The first-order valence-electron chi connectivity index (χ1n) is 8.08. The van der Waals surface area contributed by atoms with Crippen LogP contribution in [0.4, 0.5) is 5.69 Å². The summed E-state index contributed by atoms with van der Waals surface area (Å²) in [7, 11) is 0. The Kier molecular flexibility index (Phi) is 6.26. The van der Waals surface area contributed by atoms with Crippen LogP contribution < -0.4 is 16.6 Å². The van der Waals surface area contributed by atoms with Crippen LogP contribution in [0.25, 0.3) is 0 Å². The minimum atomic E-state index is -0.540. The Morgan fingerprint density at radius 1 is 1.08 bits per heavy atom. The van der Waals surface area contributed by atoms with Crippen molar-refractivity contribution in [2.75, 3.05) is 18.4 Å². The van der Waals surface area contributed by atoms with Gasteiger partial charge in [-0.15, -0.1) is 0 Å². The quantitative estimate of drug-likeness (QED) is 0.683. The number of pyridine rings is 1. The maximum Gasteiger partial charge on any atom is 0.255 e. The van der Waals surface area contributed by atoms with Crippen molar-refractivity contribution in [3.05, 3.63) is 64.1 Å². The molecule has 1 heterocycles. The number of nitrogens with one attached hydrogen (secondary N) is 2. The molecule has 2 aromatic rings. The number of rotatable bonds is 7. The van der Waals surface area contributed by atoms with Gasteiger partial charge in [0.15, 0.2) is 0 Å². The number of aromatic nitrogens is 1. The molecule has 0 aliphatic carbocycles. The fourth-order valence-corrected chi connectivity index (χ4v) is 2.31. The summed E-state index contributed by atoms with van der Waals surface area (Å²) in [6.45, 7) is 2.47. The number of benzene rings is 1. The van der Waals surface area contributed by atoms with Crippen molar-refractivity contribution in [2.24, 2.45) is 5.73 Å². The Morgan fingerprint density at radius 3 is 2.27 bits per heavy atom. The summed E-state index contributed by atoms with van der Waals surface area (Å²) < 4.78 is 0. The molecular formula is C18H20N4O4. The van der Waals surface area contributed by atoms with E-state index < -0.39 is 5.91 Å². The summed E-state index contributed by atoms with van der Waals surface area (Å²) in [5.74, 6) is -1.06. The van der Waals surface area contributed by atoms with E-state index in [4.69, 9.17) is 5.73 Å². The zero-order valence-corrected chi connectivity index (χ0v) is 14.3. The fraction of sp³-hybridized carbons (Fsp3) is 0.222. The Hall–Kier alpha value is -3.42. The third-order valence-electron chi connectivity index (χ3n) is 3.76. The van der Waals surface area contributed by atoms with Gasteiger partial charge in [0.25, 0.3) is 5.91 Å². The molecule has 4 N–H and O–H groups in total. The van der Waals surface area contributed by atoms with Gasteiger partial charge in [0, 0.05) is 43.0 Å². The Labute approximate surface area is 150 Å². The predicted molar refractivity (Wildman–Crippen MR) is 96.8 cm³/mol. The number of hydrogen-bond donors (Lipinski definition) is 3. The lowest BCUT2D eigenvalue weighted by Gasteiger charge is -2.20. The number of carbonyl (C=O) groups is 3. The highest BCUT2D eigenvalue weighted by molar-refractivity contribution is 5.96. The largest absolute Gasteiger partial charge is 0.366 e. The Morgan fingerprint density at radius 2 is 1.73 bits per heavy atom. The van der Waals surface area contributed by atoms with E-state index in [1.165, 1.54) is 35.4 Å². The van der Waals surface area contributed by atoms with Crippen LogP contribution in [0.3, 0.4) is 0 Å². The normalized spacial score (nSPS) is 10.2. The van der Waals surface area contributed by atoms with Gasteiger partial charge < -0.3 is 20.9 Å². The Bertz CT molecular complexity index is 838. The second kappa shape index (κ2) is 8.61. The van der Waals surface area contributed by atoms with E-state index in [-0.39, 0.29) is 30.3 Å². The molecule has 136 valence electrons. The highest BCUT2D eigenvalue weighted by Crippen LogP contribution is 2.10. The van der Waals surface area contributed by atoms with Gasteiger partial charge in [-0.3, -0.25) is 19.2 Å². The van der Waals surface area contributed by atoms with Gasteiger partial charge in [0.2, 0.25) is 17.4 Å². The van der Waals surface area contributed by atoms with Gasteiger partial charge in [-0.2, -0.15) is 0 Å². The van der Waals surface area contributed by atoms with Crippen LogP contribution in [0.5, 0.6) is 0 Å². The third kappa shape index (κ3) is 5.04. The molecule has 0 saturated carbocycles. The first-order chi connectivity index (χ1) is 12.4. The van der Waals surface area contributed by atoms with E-state index in [9.17, 15) is 19.2 Å². The molecule has 1 aromatic heterocycles. The molecule has 0 saturated heterocycles. The van der Waals surface area contributed by atoms with Gasteiger partial charge >= 0.3 is 0 Å². The van der Waals surface area contributed by atoms with Crippen LogP contribution >= 0.6 is 0 Å². The minimum Gasteiger partial charge on any atom is -0.366 e. The standard InChI is InChI=1S/C18H20N4O4/c1-2-22(18(26)13-5-8-15(23)20-11-13)10-9-16(24)21-14-6-3-12(4-7-14)17(19)25/h3-8,11H,2,9-10H2,1H3,(H2,19,25)(H,20,23)(H,21,24). The topological polar surface area (TPSA) is 125 Å². The molecule has 0 bridgehead atoms. The van der Waals surface area contributed by atoms with Crippen LogP contribution in [-0.4, -0.2) is 40.7 Å². The molecular weight excluding hydrogens is 336 g/mol. The van der Waals surface area contributed by atoms with Crippen molar-refractivity contribution < 1.29 is 14.4 Å². The maximum absolute atomic E-state index is 12.4. The van der Waals surface area contributed by atoms with Gasteiger partial charge in [0.1, 0.15) is 0 Å². The molecule has 8 heteroatoms. The summed E-state index contributed by atoms with van der Waals surface area (Å²) in [5.41, 5.74) is 6.12. The molecule has 0 radical (unpaired) electrons. The molecule has 0 aliphatic heterocycles. The van der Waals surface area contributed by atoms with Crippen LogP contribution in [0.2, 0.25) is 0 Å². The molecule has 0 aliphatic rings. The highest BCUT2D eigenvalue weighted by atomic mass is 16.2. The number of carbonyl (C=O) groups excluding carboxylic acids is 3. The summed E-state index contributed by atoms with van der Waals surface area (Å²) in [6, 6.07) is 8.95. The van der Waals surface area contributed by atoms with E-state index >= 15 is 0 Å². The van der Waals surface area contributed by atoms with Crippen LogP contribution in [-0.2, 0) is 4.79 Å². The molecule has 0 fully saturated rings. The molecule has 0 unspecified atom stereocenters. The zero-order chi connectivity index (χ0) is 19.1. The van der Waals surface area contributed by atoms with Gasteiger partial charge in [-0.25, -0.2) is 0 Å². The van der Waals surface area contributed by atoms with Crippen molar-refractivity contribution in [3.8, 4) is 0 Å². The van der Waals surface area contributed by atoms with Crippen LogP contribution in [0.1, 0.15) is 34.1 Å². The van der Waals surface area contributed by atoms with E-state index in [0.29, 0.717) is 23.4 Å². The number of amides is 3. The van der Waals surface area contributed by atoms with Crippen molar-refractivity contribution in [1.29, 1.82) is 0 Å². The maximum atomic E-state index is 12.4. The molecule has 8 nitrogen and oxygen atoms in total. The Balaban J connectivity index is 1.91. The molecule has 0 atom stereocenters. The number of anilines is 1. The zero-order valence-electron chi connectivity index (χ0n) is 14.3. The van der Waals surface area contributed by atoms with E-state index in [2.05, 4.69) is 10.3 Å². The van der Waals surface area contributed by atoms with Crippen LogP contribution in [0, 0.1) is 0 Å². The lowest BCUT2D eigenvalue weighted by atomic mass is 10.2. The monoisotopic (exact) mass is 356 g/mol. The summed E-state index contributed by atoms with van der Waals surface area (Å²) >= 11 is 0. The predicted octanol–water partition coefficient (Wildman–Crippen LogP) is 0.965. The number of primary amides is 1. The molecule has 1 aromatic carbocycles.